The zero-order chi connectivity index (χ0) is 12.3. The van der Waals surface area contributed by atoms with Crippen molar-refractivity contribution in [1.82, 2.24) is 4.98 Å². The van der Waals surface area contributed by atoms with E-state index in [1.165, 1.54) is 11.3 Å². The number of carboxylic acids is 1. The molecular formula is C12H10BrNO2S. The maximum absolute atomic E-state index is 10.5. The topological polar surface area (TPSA) is 50.2 Å². The molecule has 2 aromatic rings. The minimum Gasteiger partial charge on any atom is -0.481 e. The van der Waals surface area contributed by atoms with E-state index in [0.29, 0.717) is 6.42 Å². The fourth-order valence-corrected chi connectivity index (χ4v) is 2.97. The molecule has 0 unspecified atom stereocenters. The van der Waals surface area contributed by atoms with Crippen LogP contribution in [0.1, 0.15) is 11.3 Å². The van der Waals surface area contributed by atoms with Crippen LogP contribution in [0.2, 0.25) is 0 Å². The zero-order valence-electron chi connectivity index (χ0n) is 8.89. The molecule has 88 valence electrons. The molecule has 1 N–H and O–H groups in total. The van der Waals surface area contributed by atoms with E-state index in [0.717, 1.165) is 19.9 Å². The van der Waals surface area contributed by atoms with Gasteiger partial charge in [0.25, 0.3) is 0 Å². The van der Waals surface area contributed by atoms with E-state index in [2.05, 4.69) is 20.9 Å². The van der Waals surface area contributed by atoms with Gasteiger partial charge in [0.15, 0.2) is 0 Å². The fraction of sp³-hybridized carbons (Fsp3) is 0.167. The third-order valence-electron chi connectivity index (χ3n) is 2.24. The third kappa shape index (κ3) is 3.14. The van der Waals surface area contributed by atoms with Crippen molar-refractivity contribution in [3.8, 4) is 10.6 Å². The van der Waals surface area contributed by atoms with Crippen LogP contribution in [-0.4, -0.2) is 16.1 Å². The van der Waals surface area contributed by atoms with Gasteiger partial charge in [0.1, 0.15) is 5.01 Å². The molecule has 0 saturated carbocycles. The first-order chi connectivity index (χ1) is 8.16. The summed E-state index contributed by atoms with van der Waals surface area (Å²) in [4.78, 5) is 15.8. The molecule has 17 heavy (non-hydrogen) atoms. The molecule has 2 rings (SSSR count). The number of carboxylic acid groups (broad SMARTS) is 1. The summed E-state index contributed by atoms with van der Waals surface area (Å²) in [5.41, 5.74) is 1.04. The summed E-state index contributed by atoms with van der Waals surface area (Å²) in [6.07, 6.45) is 2.44. The number of benzene rings is 1. The van der Waals surface area contributed by atoms with Gasteiger partial charge in [0, 0.05) is 21.1 Å². The van der Waals surface area contributed by atoms with Gasteiger partial charge in [-0.1, -0.05) is 34.1 Å². The van der Waals surface area contributed by atoms with Gasteiger partial charge in [-0.25, -0.2) is 4.98 Å². The van der Waals surface area contributed by atoms with Crippen molar-refractivity contribution in [2.75, 3.05) is 0 Å². The molecular weight excluding hydrogens is 302 g/mol. The Morgan fingerprint density at radius 2 is 2.18 bits per heavy atom. The molecule has 0 radical (unpaired) electrons. The lowest BCUT2D eigenvalue weighted by atomic mass is 10.2. The van der Waals surface area contributed by atoms with E-state index in [4.69, 9.17) is 5.11 Å². The maximum Gasteiger partial charge on any atom is 0.303 e. The van der Waals surface area contributed by atoms with E-state index in [9.17, 15) is 4.79 Å². The number of rotatable bonds is 4. The number of hydrogen-bond donors (Lipinski definition) is 1. The van der Waals surface area contributed by atoms with Crippen LogP contribution in [0.15, 0.2) is 34.9 Å². The molecule has 0 aliphatic rings. The van der Waals surface area contributed by atoms with E-state index in [-0.39, 0.29) is 6.42 Å². The van der Waals surface area contributed by atoms with Crippen LogP contribution in [0.3, 0.4) is 0 Å². The zero-order valence-corrected chi connectivity index (χ0v) is 11.3. The Bertz CT molecular complexity index is 539. The molecule has 1 aromatic heterocycles. The third-order valence-corrected chi connectivity index (χ3v) is 4.02. The summed E-state index contributed by atoms with van der Waals surface area (Å²) in [5, 5.41) is 9.53. The number of aryl methyl sites for hydroxylation is 1. The van der Waals surface area contributed by atoms with Gasteiger partial charge in [0.05, 0.1) is 6.42 Å². The van der Waals surface area contributed by atoms with Crippen molar-refractivity contribution in [1.29, 1.82) is 0 Å². The highest BCUT2D eigenvalue weighted by atomic mass is 79.9. The molecule has 0 bridgehead atoms. The first-order valence-corrected chi connectivity index (χ1v) is 6.69. The predicted octanol–water partition coefficient (Wildman–Crippen LogP) is 3.59. The molecule has 1 aromatic carbocycles. The van der Waals surface area contributed by atoms with Gasteiger partial charge >= 0.3 is 5.97 Å². The summed E-state index contributed by atoms with van der Waals surface area (Å²) < 4.78 is 0.999. The first-order valence-electron chi connectivity index (χ1n) is 5.08. The van der Waals surface area contributed by atoms with Crippen molar-refractivity contribution >= 4 is 33.2 Å². The van der Waals surface area contributed by atoms with Gasteiger partial charge in [-0.3, -0.25) is 4.79 Å². The van der Waals surface area contributed by atoms with Crippen LogP contribution in [0.5, 0.6) is 0 Å². The average molecular weight is 312 g/mol. The van der Waals surface area contributed by atoms with E-state index in [1.54, 1.807) is 6.20 Å². The Balaban J connectivity index is 2.18. The number of thiazole rings is 1. The standard InChI is InChI=1S/C12H10BrNO2S/c13-10-4-2-1-3-9(10)12-14-7-8(17-12)5-6-11(15)16/h1-4,7H,5-6H2,(H,15,16). The minimum absolute atomic E-state index is 0.150. The molecule has 3 nitrogen and oxygen atoms in total. The van der Waals surface area contributed by atoms with Crippen LogP contribution in [0.4, 0.5) is 0 Å². The molecule has 0 atom stereocenters. The summed E-state index contributed by atoms with van der Waals surface area (Å²) >= 11 is 5.01. The lowest BCUT2D eigenvalue weighted by Gasteiger charge is -1.98. The van der Waals surface area contributed by atoms with E-state index in [1.807, 2.05) is 24.3 Å². The number of halogens is 1. The second kappa shape index (κ2) is 5.42. The van der Waals surface area contributed by atoms with E-state index >= 15 is 0 Å². The van der Waals surface area contributed by atoms with Gasteiger partial charge in [-0.15, -0.1) is 11.3 Å². The fourth-order valence-electron chi connectivity index (χ4n) is 1.41. The number of hydrogen-bond acceptors (Lipinski definition) is 3. The second-order valence-electron chi connectivity index (χ2n) is 3.51. The Kier molecular flexibility index (Phi) is 3.91. The Morgan fingerprint density at radius 3 is 2.88 bits per heavy atom. The number of nitrogens with zero attached hydrogens (tertiary/aromatic N) is 1. The SMILES string of the molecule is O=C(O)CCc1cnc(-c2ccccc2Br)s1. The molecule has 0 fully saturated rings. The van der Waals surface area contributed by atoms with Crippen molar-refractivity contribution in [3.63, 3.8) is 0 Å². The molecule has 1 heterocycles. The Labute approximate surface area is 111 Å². The number of aliphatic carboxylic acids is 1. The lowest BCUT2D eigenvalue weighted by molar-refractivity contribution is -0.136. The van der Waals surface area contributed by atoms with Crippen LogP contribution < -0.4 is 0 Å². The predicted molar refractivity (Wildman–Crippen MR) is 71.2 cm³/mol. The smallest absolute Gasteiger partial charge is 0.303 e. The van der Waals surface area contributed by atoms with Gasteiger partial charge < -0.3 is 5.11 Å². The summed E-state index contributed by atoms with van der Waals surface area (Å²) in [6.45, 7) is 0. The van der Waals surface area contributed by atoms with Crippen molar-refractivity contribution < 1.29 is 9.90 Å². The van der Waals surface area contributed by atoms with Crippen molar-refractivity contribution in [2.24, 2.45) is 0 Å². The summed E-state index contributed by atoms with van der Waals surface area (Å²) in [6, 6.07) is 7.86. The average Bonchev–Trinajstić information content (AvgIpc) is 2.75. The Morgan fingerprint density at radius 1 is 1.41 bits per heavy atom. The van der Waals surface area contributed by atoms with Crippen molar-refractivity contribution in [3.05, 3.63) is 39.8 Å². The van der Waals surface area contributed by atoms with Gasteiger partial charge in [-0.2, -0.15) is 0 Å². The van der Waals surface area contributed by atoms with Crippen LogP contribution in [-0.2, 0) is 11.2 Å². The number of aromatic nitrogens is 1. The highest BCUT2D eigenvalue weighted by Gasteiger charge is 2.08. The molecule has 0 amide bonds. The van der Waals surface area contributed by atoms with Crippen LogP contribution >= 0.6 is 27.3 Å². The molecule has 0 aliphatic carbocycles. The maximum atomic E-state index is 10.5. The molecule has 0 aliphatic heterocycles. The van der Waals surface area contributed by atoms with Gasteiger partial charge in [-0.05, 0) is 12.5 Å². The molecule has 5 heteroatoms. The number of carbonyl (C=O) groups is 1. The molecule has 0 spiro atoms. The van der Waals surface area contributed by atoms with Crippen LogP contribution in [0, 0.1) is 0 Å². The quantitative estimate of drug-likeness (QED) is 0.938. The summed E-state index contributed by atoms with van der Waals surface area (Å²) in [5.74, 6) is -0.777. The van der Waals surface area contributed by atoms with Gasteiger partial charge in [0.2, 0.25) is 0 Å². The van der Waals surface area contributed by atoms with E-state index < -0.39 is 5.97 Å². The van der Waals surface area contributed by atoms with Crippen molar-refractivity contribution in [2.45, 2.75) is 12.8 Å². The second-order valence-corrected chi connectivity index (χ2v) is 5.47. The lowest BCUT2D eigenvalue weighted by Crippen LogP contribution is -1.95. The summed E-state index contributed by atoms with van der Waals surface area (Å²) in [7, 11) is 0. The van der Waals surface area contributed by atoms with Crippen LogP contribution in [0.25, 0.3) is 10.6 Å². The largest absolute Gasteiger partial charge is 0.481 e. The minimum atomic E-state index is -0.777. The highest BCUT2D eigenvalue weighted by Crippen LogP contribution is 2.31. The molecule has 0 saturated heterocycles. The monoisotopic (exact) mass is 311 g/mol. The Hall–Kier alpha value is -1.20. The normalized spacial score (nSPS) is 10.4. The first kappa shape index (κ1) is 12.3. The highest BCUT2D eigenvalue weighted by molar-refractivity contribution is 9.10.